The normalized spacial score (nSPS) is 10.1. The van der Waals surface area contributed by atoms with E-state index in [1.54, 1.807) is 24.3 Å². The molecular formula is C22H25N3O5. The second kappa shape index (κ2) is 10.8. The van der Waals surface area contributed by atoms with Crippen LogP contribution in [0.5, 0.6) is 0 Å². The summed E-state index contributed by atoms with van der Waals surface area (Å²) in [5.41, 5.74) is 3.81. The topological polar surface area (TPSA) is 114 Å². The molecule has 0 aliphatic rings. The molecule has 158 valence electrons. The van der Waals surface area contributed by atoms with E-state index in [-0.39, 0.29) is 24.7 Å². The van der Waals surface area contributed by atoms with E-state index < -0.39 is 18.5 Å². The Hall–Kier alpha value is -3.68. The molecule has 2 aromatic carbocycles. The molecule has 0 fully saturated rings. The molecular weight excluding hydrogens is 386 g/mol. The van der Waals surface area contributed by atoms with Crippen molar-refractivity contribution in [1.82, 2.24) is 0 Å². The molecule has 3 amide bonds. The smallest absolute Gasteiger partial charge is 0.306 e. The van der Waals surface area contributed by atoms with Crippen molar-refractivity contribution in [2.24, 2.45) is 0 Å². The molecule has 0 saturated heterocycles. The molecule has 0 aromatic heterocycles. The number of ether oxygens (including phenoxy) is 1. The van der Waals surface area contributed by atoms with Crippen LogP contribution in [0.2, 0.25) is 0 Å². The molecule has 0 bridgehead atoms. The van der Waals surface area contributed by atoms with E-state index in [2.05, 4.69) is 16.0 Å². The van der Waals surface area contributed by atoms with Crippen molar-refractivity contribution < 1.29 is 23.9 Å². The van der Waals surface area contributed by atoms with Crippen LogP contribution in [-0.2, 0) is 23.9 Å². The van der Waals surface area contributed by atoms with E-state index in [0.29, 0.717) is 17.1 Å². The van der Waals surface area contributed by atoms with E-state index in [9.17, 15) is 19.2 Å². The standard InChI is InChI=1S/C22H25N3O5/c1-14-10-15(2)12-19(11-14)25-21(28)13-30-22(29)9-8-20(27)24-18-6-4-17(5-7-18)23-16(3)26/h4-7,10-12H,8-9,13H2,1-3H3,(H,23,26)(H,24,27)(H,25,28). The van der Waals surface area contributed by atoms with E-state index >= 15 is 0 Å². The average Bonchev–Trinajstić information content (AvgIpc) is 2.65. The molecule has 0 radical (unpaired) electrons. The van der Waals surface area contributed by atoms with Crippen LogP contribution in [0.15, 0.2) is 42.5 Å². The molecule has 0 atom stereocenters. The highest BCUT2D eigenvalue weighted by molar-refractivity contribution is 5.95. The van der Waals surface area contributed by atoms with Gasteiger partial charge in [-0.15, -0.1) is 0 Å². The number of hydrogen-bond acceptors (Lipinski definition) is 5. The van der Waals surface area contributed by atoms with Gasteiger partial charge in [0.15, 0.2) is 6.61 Å². The molecule has 0 saturated carbocycles. The van der Waals surface area contributed by atoms with Gasteiger partial charge in [-0.05, 0) is 61.4 Å². The number of nitrogens with one attached hydrogen (secondary N) is 3. The van der Waals surface area contributed by atoms with Crippen LogP contribution in [0.3, 0.4) is 0 Å². The summed E-state index contributed by atoms with van der Waals surface area (Å²) in [5, 5.41) is 7.94. The Balaban J connectivity index is 1.70. The summed E-state index contributed by atoms with van der Waals surface area (Å²) in [4.78, 5) is 46.7. The van der Waals surface area contributed by atoms with Crippen molar-refractivity contribution >= 4 is 40.8 Å². The number of hydrogen-bond donors (Lipinski definition) is 3. The zero-order valence-electron chi connectivity index (χ0n) is 17.2. The zero-order chi connectivity index (χ0) is 22.1. The summed E-state index contributed by atoms with van der Waals surface area (Å²) in [6.07, 6.45) is -0.225. The van der Waals surface area contributed by atoms with Crippen molar-refractivity contribution in [1.29, 1.82) is 0 Å². The minimum Gasteiger partial charge on any atom is -0.456 e. The molecule has 0 spiro atoms. The van der Waals surface area contributed by atoms with E-state index in [0.717, 1.165) is 11.1 Å². The van der Waals surface area contributed by atoms with Crippen molar-refractivity contribution in [3.05, 3.63) is 53.6 Å². The Labute approximate surface area is 175 Å². The number of rotatable bonds is 8. The number of carbonyl (C=O) groups is 4. The Morgan fingerprint density at radius 1 is 0.733 bits per heavy atom. The summed E-state index contributed by atoms with van der Waals surface area (Å²) < 4.78 is 4.92. The second-order valence-electron chi connectivity index (χ2n) is 6.89. The van der Waals surface area contributed by atoms with Crippen LogP contribution >= 0.6 is 0 Å². The molecule has 0 heterocycles. The fourth-order valence-corrected chi connectivity index (χ4v) is 2.74. The van der Waals surface area contributed by atoms with Crippen LogP contribution < -0.4 is 16.0 Å². The lowest BCUT2D eigenvalue weighted by molar-refractivity contribution is -0.147. The third kappa shape index (κ3) is 8.14. The van der Waals surface area contributed by atoms with Crippen LogP contribution in [0.25, 0.3) is 0 Å². The van der Waals surface area contributed by atoms with Gasteiger partial charge in [0.25, 0.3) is 5.91 Å². The van der Waals surface area contributed by atoms with Gasteiger partial charge in [-0.25, -0.2) is 0 Å². The minimum absolute atomic E-state index is 0.0784. The van der Waals surface area contributed by atoms with Gasteiger partial charge in [0.1, 0.15) is 0 Å². The third-order valence-electron chi connectivity index (χ3n) is 3.91. The maximum absolute atomic E-state index is 12.0. The van der Waals surface area contributed by atoms with Crippen molar-refractivity contribution in [2.75, 3.05) is 22.6 Å². The van der Waals surface area contributed by atoms with E-state index in [1.165, 1.54) is 6.92 Å². The molecule has 2 rings (SSSR count). The number of benzene rings is 2. The molecule has 2 aromatic rings. The van der Waals surface area contributed by atoms with Crippen LogP contribution in [0.1, 0.15) is 30.9 Å². The number of anilines is 3. The Morgan fingerprint density at radius 2 is 1.27 bits per heavy atom. The van der Waals surface area contributed by atoms with Crippen molar-refractivity contribution in [2.45, 2.75) is 33.6 Å². The molecule has 3 N–H and O–H groups in total. The zero-order valence-corrected chi connectivity index (χ0v) is 17.2. The predicted molar refractivity (Wildman–Crippen MR) is 114 cm³/mol. The highest BCUT2D eigenvalue weighted by atomic mass is 16.5. The van der Waals surface area contributed by atoms with Gasteiger partial charge in [0, 0.05) is 30.4 Å². The van der Waals surface area contributed by atoms with Crippen LogP contribution in [-0.4, -0.2) is 30.3 Å². The minimum atomic E-state index is -0.637. The van der Waals surface area contributed by atoms with E-state index in [4.69, 9.17) is 4.74 Å². The summed E-state index contributed by atoms with van der Waals surface area (Å²) >= 11 is 0. The molecule has 30 heavy (non-hydrogen) atoms. The highest BCUT2D eigenvalue weighted by Crippen LogP contribution is 2.15. The van der Waals surface area contributed by atoms with Crippen LogP contribution in [0.4, 0.5) is 17.1 Å². The SMILES string of the molecule is CC(=O)Nc1ccc(NC(=O)CCC(=O)OCC(=O)Nc2cc(C)cc(C)c2)cc1. The number of amides is 3. The first-order valence-electron chi connectivity index (χ1n) is 9.42. The number of aryl methyl sites for hydroxylation is 2. The molecule has 0 unspecified atom stereocenters. The molecule has 8 heteroatoms. The first-order chi connectivity index (χ1) is 14.2. The summed E-state index contributed by atoms with van der Waals surface area (Å²) in [6, 6.07) is 12.2. The first kappa shape index (κ1) is 22.6. The Bertz CT molecular complexity index is 918. The van der Waals surface area contributed by atoms with Gasteiger partial charge >= 0.3 is 5.97 Å². The number of esters is 1. The van der Waals surface area contributed by atoms with Gasteiger partial charge in [-0.1, -0.05) is 6.07 Å². The first-order valence-corrected chi connectivity index (χ1v) is 9.42. The van der Waals surface area contributed by atoms with Crippen LogP contribution in [0, 0.1) is 13.8 Å². The average molecular weight is 411 g/mol. The van der Waals surface area contributed by atoms with Gasteiger partial charge < -0.3 is 20.7 Å². The highest BCUT2D eigenvalue weighted by Gasteiger charge is 2.11. The van der Waals surface area contributed by atoms with Gasteiger partial charge in [-0.2, -0.15) is 0 Å². The summed E-state index contributed by atoms with van der Waals surface area (Å²) in [6.45, 7) is 4.83. The maximum Gasteiger partial charge on any atom is 0.306 e. The van der Waals surface area contributed by atoms with Gasteiger partial charge in [0.2, 0.25) is 11.8 Å². The monoisotopic (exact) mass is 411 g/mol. The molecule has 0 aliphatic carbocycles. The van der Waals surface area contributed by atoms with Gasteiger partial charge in [0.05, 0.1) is 6.42 Å². The predicted octanol–water partition coefficient (Wildman–Crippen LogP) is 3.16. The fraction of sp³-hybridized carbons (Fsp3) is 0.273. The quantitative estimate of drug-likeness (QED) is 0.578. The summed E-state index contributed by atoms with van der Waals surface area (Å²) in [7, 11) is 0. The largest absolute Gasteiger partial charge is 0.456 e. The lowest BCUT2D eigenvalue weighted by atomic mass is 10.1. The Kier molecular flexibility index (Phi) is 8.10. The van der Waals surface area contributed by atoms with Gasteiger partial charge in [-0.3, -0.25) is 19.2 Å². The molecule has 8 nitrogen and oxygen atoms in total. The van der Waals surface area contributed by atoms with Crippen molar-refractivity contribution in [3.63, 3.8) is 0 Å². The second-order valence-corrected chi connectivity index (χ2v) is 6.89. The molecule has 0 aliphatic heterocycles. The van der Waals surface area contributed by atoms with Crippen molar-refractivity contribution in [3.8, 4) is 0 Å². The Morgan fingerprint density at radius 3 is 1.83 bits per heavy atom. The maximum atomic E-state index is 12.0. The lowest BCUT2D eigenvalue weighted by Gasteiger charge is -2.09. The summed E-state index contributed by atoms with van der Waals surface area (Å²) in [5.74, 6) is -1.63. The van der Waals surface area contributed by atoms with E-state index in [1.807, 2.05) is 32.0 Å². The lowest BCUT2D eigenvalue weighted by Crippen LogP contribution is -2.22. The fourth-order valence-electron chi connectivity index (χ4n) is 2.74. The number of carbonyl (C=O) groups excluding carboxylic acids is 4. The third-order valence-corrected chi connectivity index (χ3v) is 3.91.